The fraction of sp³-hybridized carbons (Fsp3) is 0.174. The van der Waals surface area contributed by atoms with Gasteiger partial charge in [0.25, 0.3) is 0 Å². The third-order valence-corrected chi connectivity index (χ3v) is 8.65. The zero-order valence-electron chi connectivity index (χ0n) is 18.4. The number of sulfone groups is 2. The van der Waals surface area contributed by atoms with E-state index in [4.69, 9.17) is 23.2 Å². The van der Waals surface area contributed by atoms with E-state index in [0.717, 1.165) is 12.5 Å². The lowest BCUT2D eigenvalue weighted by Gasteiger charge is -2.07. The van der Waals surface area contributed by atoms with Crippen molar-refractivity contribution in [1.29, 1.82) is 0 Å². The van der Waals surface area contributed by atoms with Gasteiger partial charge in [0.2, 0.25) is 0 Å². The molecule has 0 amide bonds. The van der Waals surface area contributed by atoms with E-state index < -0.39 is 25.6 Å². The number of fused-ring (bicyclic) bond motifs is 1. The Morgan fingerprint density at radius 2 is 1.43 bits per heavy atom. The summed E-state index contributed by atoms with van der Waals surface area (Å²) in [6, 6.07) is 9.83. The highest BCUT2D eigenvalue weighted by Gasteiger charge is 2.23. The summed E-state index contributed by atoms with van der Waals surface area (Å²) >= 11 is 14.0. The summed E-state index contributed by atoms with van der Waals surface area (Å²) < 4.78 is 47.3. The number of rotatable bonds is 7. The quantitative estimate of drug-likeness (QED) is 0.295. The molecule has 0 bridgehead atoms. The molecule has 0 unspecified atom stereocenters. The van der Waals surface area contributed by atoms with Gasteiger partial charge in [-0.2, -0.15) is 0 Å². The first-order valence-electron chi connectivity index (χ1n) is 10.0. The summed E-state index contributed by atoms with van der Waals surface area (Å²) in [6.07, 6.45) is 2.25. The van der Waals surface area contributed by atoms with Crippen molar-refractivity contribution in [2.75, 3.05) is 12.5 Å². The van der Waals surface area contributed by atoms with Crippen LogP contribution in [0.3, 0.4) is 0 Å². The van der Waals surface area contributed by atoms with E-state index in [1.807, 2.05) is 5.38 Å². The van der Waals surface area contributed by atoms with E-state index in [2.05, 4.69) is 4.98 Å². The highest BCUT2D eigenvalue weighted by molar-refractivity contribution is 7.90. The van der Waals surface area contributed by atoms with Crippen LogP contribution in [-0.4, -0.2) is 45.4 Å². The van der Waals surface area contributed by atoms with Crippen LogP contribution in [0.1, 0.15) is 21.6 Å². The summed E-state index contributed by atoms with van der Waals surface area (Å²) in [4.78, 5) is 15.1. The molecule has 0 saturated heterocycles. The highest BCUT2D eigenvalue weighted by atomic mass is 35.5. The molecule has 35 heavy (non-hydrogen) atoms. The molecule has 4 rings (SSSR count). The van der Waals surface area contributed by atoms with Gasteiger partial charge in [0.15, 0.2) is 19.7 Å². The Balaban J connectivity index is 1.83. The number of halogens is 2. The van der Waals surface area contributed by atoms with Crippen LogP contribution in [0.15, 0.2) is 41.8 Å². The number of H-pyrrole nitrogens is 1. The van der Waals surface area contributed by atoms with Crippen molar-refractivity contribution < 1.29 is 26.7 Å². The summed E-state index contributed by atoms with van der Waals surface area (Å²) in [6.45, 7) is 0. The molecule has 0 radical (unpaired) electrons. The van der Waals surface area contributed by atoms with Gasteiger partial charge in [-0.05, 0) is 34.4 Å². The molecule has 0 spiro atoms. The number of benzene rings is 2. The molecule has 2 N–H and O–H groups in total. The molecule has 4 aromatic rings. The molecule has 0 aliphatic rings. The molecule has 2 aromatic heterocycles. The Morgan fingerprint density at radius 1 is 0.914 bits per heavy atom. The number of hydrogen-bond donors (Lipinski definition) is 2. The number of carboxylic acid groups (broad SMARTS) is 1. The van der Waals surface area contributed by atoms with E-state index >= 15 is 0 Å². The second kappa shape index (κ2) is 9.25. The van der Waals surface area contributed by atoms with Gasteiger partial charge in [0, 0.05) is 39.1 Å². The number of aromatic carboxylic acids is 1. The van der Waals surface area contributed by atoms with Crippen molar-refractivity contribution in [3.05, 3.63) is 68.6 Å². The zero-order chi connectivity index (χ0) is 25.7. The maximum atomic E-state index is 12.1. The second-order valence-corrected chi connectivity index (χ2v) is 14.3. The van der Waals surface area contributed by atoms with E-state index in [-0.39, 0.29) is 22.2 Å². The predicted octanol–water partition coefficient (Wildman–Crippen LogP) is 5.66. The van der Waals surface area contributed by atoms with Crippen molar-refractivity contribution >= 4 is 70.4 Å². The van der Waals surface area contributed by atoms with E-state index in [0.29, 0.717) is 48.6 Å². The van der Waals surface area contributed by atoms with Gasteiger partial charge in [-0.3, -0.25) is 0 Å². The summed E-state index contributed by atoms with van der Waals surface area (Å²) in [5.41, 5.74) is 3.85. The van der Waals surface area contributed by atoms with Crippen molar-refractivity contribution in [3.63, 3.8) is 0 Å². The van der Waals surface area contributed by atoms with Crippen molar-refractivity contribution in [2.45, 2.75) is 11.5 Å². The van der Waals surface area contributed by atoms with Gasteiger partial charge < -0.3 is 10.1 Å². The first kappa shape index (κ1) is 25.7. The molecule has 0 atom stereocenters. The summed E-state index contributed by atoms with van der Waals surface area (Å²) in [7, 11) is -6.55. The molecule has 2 heterocycles. The molecule has 0 saturated carbocycles. The standard InChI is InChI=1S/C23H19Cl2NO6S3/c1-34(29,30)10-14-5-3-12(7-17(14)24)16-9-33-22-19(21(23(27)28)26-20(16)22)13-4-6-15(18(25)8-13)11-35(2,31)32/h3-9,26H,10-11H2,1-2H3,(H,27,28). The maximum absolute atomic E-state index is 12.1. The Bertz CT molecular complexity index is 1700. The van der Waals surface area contributed by atoms with Crippen LogP contribution >= 0.6 is 34.5 Å². The smallest absolute Gasteiger partial charge is 0.353 e. The number of nitrogens with one attached hydrogen (secondary N) is 1. The fourth-order valence-corrected chi connectivity index (χ4v) is 7.22. The fourth-order valence-electron chi connectivity index (χ4n) is 3.83. The average molecular weight is 573 g/mol. The van der Waals surface area contributed by atoms with Gasteiger partial charge in [-0.1, -0.05) is 47.5 Å². The normalized spacial score (nSPS) is 12.3. The molecule has 0 aliphatic heterocycles. The SMILES string of the molecule is CS(=O)(=O)Cc1ccc(-c2csc3c(-c4ccc(CS(C)(=O)=O)c(Cl)c4)c(C(=O)O)[nH]c23)cc1Cl. The van der Waals surface area contributed by atoms with Gasteiger partial charge in [-0.25, -0.2) is 21.6 Å². The summed E-state index contributed by atoms with van der Waals surface area (Å²) in [5.74, 6) is -1.57. The Labute approximate surface area is 216 Å². The van der Waals surface area contributed by atoms with Crippen LogP contribution in [0.5, 0.6) is 0 Å². The molecule has 184 valence electrons. The molecule has 0 aliphatic carbocycles. The van der Waals surface area contributed by atoms with E-state index in [1.54, 1.807) is 36.4 Å². The van der Waals surface area contributed by atoms with Crippen LogP contribution < -0.4 is 0 Å². The number of aromatic nitrogens is 1. The number of carboxylic acids is 1. The van der Waals surface area contributed by atoms with Crippen LogP contribution in [-0.2, 0) is 31.2 Å². The minimum Gasteiger partial charge on any atom is -0.477 e. The van der Waals surface area contributed by atoms with Gasteiger partial charge in [0.05, 0.1) is 21.7 Å². The first-order chi connectivity index (χ1) is 16.2. The number of aromatic amines is 1. The van der Waals surface area contributed by atoms with Crippen molar-refractivity contribution in [3.8, 4) is 22.3 Å². The lowest BCUT2D eigenvalue weighted by Crippen LogP contribution is -2.02. The van der Waals surface area contributed by atoms with Crippen LogP contribution in [0.4, 0.5) is 0 Å². The lowest BCUT2D eigenvalue weighted by molar-refractivity contribution is 0.0692. The monoisotopic (exact) mass is 571 g/mol. The average Bonchev–Trinajstić information content (AvgIpc) is 3.28. The number of hydrogen-bond acceptors (Lipinski definition) is 6. The Morgan fingerprint density at radius 3 is 1.91 bits per heavy atom. The van der Waals surface area contributed by atoms with Gasteiger partial charge in [-0.15, -0.1) is 11.3 Å². The molecule has 2 aromatic carbocycles. The van der Waals surface area contributed by atoms with E-state index in [9.17, 15) is 26.7 Å². The predicted molar refractivity (Wildman–Crippen MR) is 141 cm³/mol. The minimum absolute atomic E-state index is 0.0279. The van der Waals surface area contributed by atoms with Crippen LogP contribution in [0.2, 0.25) is 10.0 Å². The van der Waals surface area contributed by atoms with Crippen LogP contribution in [0, 0.1) is 0 Å². The molecule has 12 heteroatoms. The number of carbonyl (C=O) groups is 1. The largest absolute Gasteiger partial charge is 0.477 e. The molecule has 7 nitrogen and oxygen atoms in total. The molecule has 0 fully saturated rings. The van der Waals surface area contributed by atoms with Crippen LogP contribution in [0.25, 0.3) is 32.5 Å². The topological polar surface area (TPSA) is 121 Å². The Hall–Kier alpha value is -2.37. The third-order valence-electron chi connectivity index (χ3n) is 5.27. The minimum atomic E-state index is -3.29. The van der Waals surface area contributed by atoms with Crippen molar-refractivity contribution in [2.24, 2.45) is 0 Å². The van der Waals surface area contributed by atoms with Gasteiger partial charge >= 0.3 is 5.97 Å². The third kappa shape index (κ3) is 5.57. The Kier molecular flexibility index (Phi) is 6.80. The van der Waals surface area contributed by atoms with E-state index in [1.165, 1.54) is 11.3 Å². The maximum Gasteiger partial charge on any atom is 0.353 e. The molecular weight excluding hydrogens is 553 g/mol. The lowest BCUT2D eigenvalue weighted by atomic mass is 10.0. The number of thiophene rings is 1. The zero-order valence-corrected chi connectivity index (χ0v) is 22.4. The molecular formula is C23H19Cl2NO6S3. The first-order valence-corrected chi connectivity index (χ1v) is 15.8. The van der Waals surface area contributed by atoms with Gasteiger partial charge in [0.1, 0.15) is 5.69 Å². The van der Waals surface area contributed by atoms with Crippen molar-refractivity contribution in [1.82, 2.24) is 4.98 Å². The highest BCUT2D eigenvalue weighted by Crippen LogP contribution is 2.43. The second-order valence-electron chi connectivity index (χ2n) is 8.29. The summed E-state index contributed by atoms with van der Waals surface area (Å²) in [5, 5.41) is 12.2.